The van der Waals surface area contributed by atoms with Gasteiger partial charge in [-0.2, -0.15) is 0 Å². The largest absolute Gasteiger partial charge is 0.464 e. The lowest BCUT2D eigenvalue weighted by Gasteiger charge is -2.34. The van der Waals surface area contributed by atoms with Gasteiger partial charge in [0.15, 0.2) is 0 Å². The van der Waals surface area contributed by atoms with Crippen molar-refractivity contribution in [3.63, 3.8) is 0 Å². The molecule has 138 valence electrons. The van der Waals surface area contributed by atoms with E-state index in [9.17, 15) is 14.4 Å². The molecule has 0 bridgehead atoms. The zero-order valence-electron chi connectivity index (χ0n) is 15.4. The van der Waals surface area contributed by atoms with Crippen LogP contribution in [0.1, 0.15) is 42.1 Å². The fourth-order valence-corrected chi connectivity index (χ4v) is 3.57. The highest BCUT2D eigenvalue weighted by atomic mass is 16.5. The minimum absolute atomic E-state index is 0.0989. The summed E-state index contributed by atoms with van der Waals surface area (Å²) in [6.45, 7) is 4.38. The van der Waals surface area contributed by atoms with Gasteiger partial charge in [0.25, 0.3) is 5.91 Å². The van der Waals surface area contributed by atoms with Gasteiger partial charge in [0, 0.05) is 25.2 Å². The normalized spacial score (nSPS) is 17.3. The van der Waals surface area contributed by atoms with Crippen LogP contribution >= 0.6 is 0 Å². The monoisotopic (exact) mass is 356 g/mol. The Morgan fingerprint density at radius 2 is 2.04 bits per heavy atom. The van der Waals surface area contributed by atoms with Crippen LogP contribution in [0.2, 0.25) is 0 Å². The lowest BCUT2D eigenvalue weighted by Crippen LogP contribution is -2.49. The van der Waals surface area contributed by atoms with Crippen molar-refractivity contribution in [1.29, 1.82) is 0 Å². The molecule has 6 heteroatoms. The van der Waals surface area contributed by atoms with Crippen LogP contribution in [0.4, 0.5) is 0 Å². The van der Waals surface area contributed by atoms with E-state index in [1.807, 2.05) is 26.1 Å². The molecule has 1 aliphatic rings. The Kier molecular flexibility index (Phi) is 5.11. The molecule has 1 aromatic carbocycles. The van der Waals surface area contributed by atoms with Crippen LogP contribution in [0, 0.1) is 6.92 Å². The molecule has 0 spiro atoms. The summed E-state index contributed by atoms with van der Waals surface area (Å²) in [4.78, 5) is 39.8. The summed E-state index contributed by atoms with van der Waals surface area (Å²) in [5, 5.41) is 0.517. The number of likely N-dealkylation sites (tertiary alicyclic amines) is 1. The number of pyridine rings is 1. The van der Waals surface area contributed by atoms with Gasteiger partial charge in [-0.1, -0.05) is 11.6 Å². The predicted octanol–water partition coefficient (Wildman–Crippen LogP) is 2.40. The van der Waals surface area contributed by atoms with Gasteiger partial charge < -0.3 is 14.2 Å². The second-order valence-corrected chi connectivity index (χ2v) is 6.77. The van der Waals surface area contributed by atoms with Crippen molar-refractivity contribution in [3.8, 4) is 0 Å². The van der Waals surface area contributed by atoms with Crippen molar-refractivity contribution >= 4 is 22.8 Å². The molecule has 0 saturated carbocycles. The van der Waals surface area contributed by atoms with Crippen molar-refractivity contribution in [3.05, 3.63) is 45.7 Å². The molecule has 0 N–H and O–H groups in total. The number of carbonyl (C=O) groups excluding carboxylic acids is 2. The highest BCUT2D eigenvalue weighted by Crippen LogP contribution is 2.21. The summed E-state index contributed by atoms with van der Waals surface area (Å²) in [5.74, 6) is -0.791. The van der Waals surface area contributed by atoms with Crippen LogP contribution in [0.25, 0.3) is 10.9 Å². The number of ether oxygens (including phenoxy) is 1. The SMILES string of the molecule is CCOC(=O)C1CCCCN1C(=O)c1cn(C)c2ccc(C)cc2c1=O. The molecule has 1 aromatic heterocycles. The fourth-order valence-electron chi connectivity index (χ4n) is 3.57. The van der Waals surface area contributed by atoms with E-state index in [2.05, 4.69) is 0 Å². The van der Waals surface area contributed by atoms with E-state index in [-0.39, 0.29) is 17.6 Å². The number of hydrogen-bond donors (Lipinski definition) is 0. The van der Waals surface area contributed by atoms with Crippen LogP contribution in [0.3, 0.4) is 0 Å². The van der Waals surface area contributed by atoms with Gasteiger partial charge in [-0.3, -0.25) is 9.59 Å². The van der Waals surface area contributed by atoms with Crippen LogP contribution in [-0.4, -0.2) is 40.5 Å². The first-order chi connectivity index (χ1) is 12.4. The summed E-state index contributed by atoms with van der Waals surface area (Å²) >= 11 is 0. The van der Waals surface area contributed by atoms with Crippen LogP contribution in [-0.2, 0) is 16.6 Å². The molecule has 1 aliphatic heterocycles. The number of hydrogen-bond acceptors (Lipinski definition) is 4. The Bertz CT molecular complexity index is 916. The first kappa shape index (κ1) is 18.2. The molecule has 3 rings (SSSR count). The van der Waals surface area contributed by atoms with Gasteiger partial charge in [0.2, 0.25) is 5.43 Å². The number of rotatable bonds is 3. The molecule has 2 heterocycles. The summed E-state index contributed by atoms with van der Waals surface area (Å²) in [6, 6.07) is 5.00. The molecule has 6 nitrogen and oxygen atoms in total. The molecule has 0 radical (unpaired) electrons. The third kappa shape index (κ3) is 3.23. The van der Waals surface area contributed by atoms with Crippen LogP contribution < -0.4 is 5.43 Å². The number of aromatic nitrogens is 1. The Morgan fingerprint density at radius 1 is 1.27 bits per heavy atom. The van der Waals surface area contributed by atoms with Crippen molar-refractivity contribution in [1.82, 2.24) is 9.47 Å². The highest BCUT2D eigenvalue weighted by Gasteiger charge is 2.34. The number of amides is 1. The van der Waals surface area contributed by atoms with E-state index in [1.165, 1.54) is 4.90 Å². The maximum atomic E-state index is 13.1. The molecule has 2 aromatic rings. The number of fused-ring (bicyclic) bond motifs is 1. The highest BCUT2D eigenvalue weighted by molar-refractivity contribution is 5.99. The summed E-state index contributed by atoms with van der Waals surface area (Å²) in [5.41, 5.74) is 1.54. The molecule has 26 heavy (non-hydrogen) atoms. The molecule has 1 fully saturated rings. The van der Waals surface area contributed by atoms with Gasteiger partial charge >= 0.3 is 5.97 Å². The minimum Gasteiger partial charge on any atom is -0.464 e. The Morgan fingerprint density at radius 3 is 2.77 bits per heavy atom. The summed E-state index contributed by atoms with van der Waals surface area (Å²) in [6.07, 6.45) is 3.81. The van der Waals surface area contributed by atoms with E-state index in [1.54, 1.807) is 23.8 Å². The van der Waals surface area contributed by atoms with Gasteiger partial charge in [-0.25, -0.2) is 4.79 Å². The molecule has 0 aliphatic carbocycles. The van der Waals surface area contributed by atoms with Crippen molar-refractivity contribution in [2.45, 2.75) is 39.2 Å². The first-order valence-electron chi connectivity index (χ1n) is 9.01. The second-order valence-electron chi connectivity index (χ2n) is 6.77. The number of nitrogens with zero attached hydrogens (tertiary/aromatic N) is 2. The van der Waals surface area contributed by atoms with Gasteiger partial charge in [0.1, 0.15) is 11.6 Å². The van der Waals surface area contributed by atoms with Gasteiger partial charge in [0.05, 0.1) is 12.1 Å². The van der Waals surface area contributed by atoms with E-state index in [4.69, 9.17) is 4.74 Å². The first-order valence-corrected chi connectivity index (χ1v) is 9.01. The number of piperidine rings is 1. The van der Waals surface area contributed by atoms with Crippen LogP contribution in [0.5, 0.6) is 0 Å². The van der Waals surface area contributed by atoms with Gasteiger partial charge in [-0.15, -0.1) is 0 Å². The van der Waals surface area contributed by atoms with Crippen molar-refractivity contribution in [2.24, 2.45) is 7.05 Å². The Hall–Kier alpha value is -2.63. The summed E-state index contributed by atoms with van der Waals surface area (Å²) in [7, 11) is 1.81. The zero-order chi connectivity index (χ0) is 18.8. The minimum atomic E-state index is -0.617. The lowest BCUT2D eigenvalue weighted by molar-refractivity contribution is -0.149. The lowest BCUT2D eigenvalue weighted by atomic mass is 10.0. The zero-order valence-corrected chi connectivity index (χ0v) is 15.4. The number of aryl methyl sites for hydroxylation is 2. The quantitative estimate of drug-likeness (QED) is 0.792. The predicted molar refractivity (Wildman–Crippen MR) is 99.2 cm³/mol. The Balaban J connectivity index is 2.04. The van der Waals surface area contributed by atoms with Gasteiger partial charge in [-0.05, 0) is 45.2 Å². The van der Waals surface area contributed by atoms with Crippen molar-refractivity contribution < 1.29 is 14.3 Å². The standard InChI is InChI=1S/C20H24N2O4/c1-4-26-20(25)17-7-5-6-10-22(17)19(24)15-12-21(3)16-9-8-13(2)11-14(16)18(15)23/h8-9,11-12,17H,4-7,10H2,1-3H3. The molecular weight excluding hydrogens is 332 g/mol. The molecule has 1 unspecified atom stereocenters. The van der Waals surface area contributed by atoms with Crippen LogP contribution in [0.15, 0.2) is 29.2 Å². The maximum absolute atomic E-state index is 13.1. The van der Waals surface area contributed by atoms with E-state index >= 15 is 0 Å². The Labute approximate surface area is 152 Å². The molecule has 1 amide bonds. The number of esters is 1. The second kappa shape index (κ2) is 7.32. The smallest absolute Gasteiger partial charge is 0.328 e. The summed E-state index contributed by atoms with van der Waals surface area (Å²) < 4.78 is 6.91. The van der Waals surface area contributed by atoms with E-state index in [0.29, 0.717) is 18.4 Å². The third-order valence-electron chi connectivity index (χ3n) is 4.90. The fraction of sp³-hybridized carbons (Fsp3) is 0.450. The van der Waals surface area contributed by atoms with Crippen molar-refractivity contribution in [2.75, 3.05) is 13.2 Å². The number of benzene rings is 1. The topological polar surface area (TPSA) is 68.6 Å². The average Bonchev–Trinajstić information content (AvgIpc) is 2.64. The average molecular weight is 356 g/mol. The third-order valence-corrected chi connectivity index (χ3v) is 4.90. The van der Waals surface area contributed by atoms with E-state index < -0.39 is 17.9 Å². The van der Waals surface area contributed by atoms with E-state index in [0.717, 1.165) is 23.9 Å². The molecule has 1 atom stereocenters. The molecule has 1 saturated heterocycles. The number of carbonyl (C=O) groups is 2. The molecular formula is C20H24N2O4. The maximum Gasteiger partial charge on any atom is 0.328 e.